The van der Waals surface area contributed by atoms with Crippen molar-refractivity contribution in [2.24, 2.45) is 0 Å². The van der Waals surface area contributed by atoms with Gasteiger partial charge in [0.25, 0.3) is 0 Å². The van der Waals surface area contributed by atoms with Crippen LogP contribution in [0.25, 0.3) is 0 Å². The van der Waals surface area contributed by atoms with Gasteiger partial charge in [-0.3, -0.25) is 0 Å². The minimum absolute atomic E-state index is 0.606. The molecule has 1 rings (SSSR count). The summed E-state index contributed by atoms with van der Waals surface area (Å²) >= 11 is 6.07. The number of unbranched alkanes of at least 4 members (excludes halogenated alkanes) is 1. The lowest BCUT2D eigenvalue weighted by Crippen LogP contribution is -2.14. The maximum absolute atomic E-state index is 6.07. The van der Waals surface area contributed by atoms with E-state index < -0.39 is 0 Å². The van der Waals surface area contributed by atoms with E-state index in [9.17, 15) is 0 Å². The Kier molecular flexibility index (Phi) is 6.97. The van der Waals surface area contributed by atoms with Crippen molar-refractivity contribution in [2.75, 3.05) is 6.54 Å². The summed E-state index contributed by atoms with van der Waals surface area (Å²) in [6.07, 6.45) is 8.56. The largest absolute Gasteiger partial charge is 0.344 e. The highest BCUT2D eigenvalue weighted by Crippen LogP contribution is 2.13. The van der Waals surface area contributed by atoms with Gasteiger partial charge in [-0.1, -0.05) is 37.1 Å². The van der Waals surface area contributed by atoms with Crippen molar-refractivity contribution < 1.29 is 0 Å². The second kappa shape index (κ2) is 8.31. The quantitative estimate of drug-likeness (QED) is 0.552. The summed E-state index contributed by atoms with van der Waals surface area (Å²) in [6, 6.07) is 0. The fraction of sp³-hybridized carbons (Fsp3) is 0.615. The smallest absolute Gasteiger partial charge is 0.151 e. The molecule has 3 nitrogen and oxygen atoms in total. The Balaban J connectivity index is 2.34. The number of halogens is 1. The second-order valence-corrected chi connectivity index (χ2v) is 4.45. The molecule has 0 atom stereocenters. The maximum atomic E-state index is 6.07. The predicted octanol–water partition coefficient (Wildman–Crippen LogP) is 3.46. The topological polar surface area (TPSA) is 40.7 Å². The summed E-state index contributed by atoms with van der Waals surface area (Å²) in [5.41, 5.74) is 0.998. The number of H-pyrrole nitrogens is 1. The van der Waals surface area contributed by atoms with Crippen LogP contribution >= 0.6 is 11.6 Å². The first-order chi connectivity index (χ1) is 8.27. The Hall–Kier alpha value is -0.800. The monoisotopic (exact) mass is 255 g/mol. The molecular formula is C13H22ClN3. The van der Waals surface area contributed by atoms with Gasteiger partial charge < -0.3 is 10.3 Å². The molecule has 0 amide bonds. The highest BCUT2D eigenvalue weighted by molar-refractivity contribution is 6.30. The van der Waals surface area contributed by atoms with Crippen molar-refractivity contribution in [3.05, 3.63) is 28.8 Å². The van der Waals surface area contributed by atoms with E-state index in [1.54, 1.807) is 0 Å². The Bertz CT molecular complexity index is 344. The highest BCUT2D eigenvalue weighted by atomic mass is 35.5. The molecule has 1 aromatic rings. The van der Waals surface area contributed by atoms with Crippen LogP contribution in [0.2, 0.25) is 5.15 Å². The third-order valence-corrected chi connectivity index (χ3v) is 2.88. The van der Waals surface area contributed by atoms with Crippen LogP contribution in [-0.2, 0) is 13.0 Å². The van der Waals surface area contributed by atoms with E-state index in [0.717, 1.165) is 43.9 Å². The lowest BCUT2D eigenvalue weighted by molar-refractivity contribution is 0.681. The zero-order chi connectivity index (χ0) is 12.5. The first-order valence-electron chi connectivity index (χ1n) is 6.33. The van der Waals surface area contributed by atoms with Crippen molar-refractivity contribution in [2.45, 2.75) is 46.1 Å². The van der Waals surface area contributed by atoms with Crippen LogP contribution in [0.15, 0.2) is 12.2 Å². The van der Waals surface area contributed by atoms with Crippen molar-refractivity contribution in [3.8, 4) is 0 Å². The molecule has 0 aliphatic rings. The van der Waals surface area contributed by atoms with Crippen LogP contribution in [0.3, 0.4) is 0 Å². The number of nitrogens with one attached hydrogen (secondary N) is 2. The molecule has 17 heavy (non-hydrogen) atoms. The zero-order valence-electron chi connectivity index (χ0n) is 10.7. The van der Waals surface area contributed by atoms with Crippen LogP contribution in [0.1, 0.15) is 44.6 Å². The fourth-order valence-electron chi connectivity index (χ4n) is 1.58. The number of imidazole rings is 1. The number of rotatable bonds is 8. The van der Waals surface area contributed by atoms with E-state index in [-0.39, 0.29) is 0 Å². The molecule has 1 heterocycles. The molecule has 0 aliphatic heterocycles. The molecule has 0 saturated carbocycles. The van der Waals surface area contributed by atoms with Crippen molar-refractivity contribution in [1.29, 1.82) is 0 Å². The number of hydrogen-bond acceptors (Lipinski definition) is 2. The molecule has 0 unspecified atom stereocenters. The van der Waals surface area contributed by atoms with Crippen LogP contribution in [-0.4, -0.2) is 16.5 Å². The molecule has 0 radical (unpaired) electrons. The summed E-state index contributed by atoms with van der Waals surface area (Å²) in [7, 11) is 0. The van der Waals surface area contributed by atoms with Gasteiger partial charge in [-0.05, 0) is 26.3 Å². The Morgan fingerprint density at radius 1 is 1.47 bits per heavy atom. The van der Waals surface area contributed by atoms with Gasteiger partial charge in [0.1, 0.15) is 5.82 Å². The average Bonchev–Trinajstić information content (AvgIpc) is 2.67. The summed E-state index contributed by atoms with van der Waals surface area (Å²) < 4.78 is 0. The van der Waals surface area contributed by atoms with Gasteiger partial charge in [-0.15, -0.1) is 0 Å². The Morgan fingerprint density at radius 2 is 2.29 bits per heavy atom. The lowest BCUT2D eigenvalue weighted by atomic mass is 10.2. The molecule has 0 spiro atoms. The maximum Gasteiger partial charge on any atom is 0.151 e. The number of nitrogens with zero attached hydrogens (tertiary/aromatic N) is 1. The molecule has 0 fully saturated rings. The first kappa shape index (κ1) is 14.3. The van der Waals surface area contributed by atoms with E-state index in [0.29, 0.717) is 5.15 Å². The molecule has 0 bridgehead atoms. The molecule has 4 heteroatoms. The van der Waals surface area contributed by atoms with Gasteiger partial charge in [0.2, 0.25) is 0 Å². The minimum atomic E-state index is 0.606. The molecular weight excluding hydrogens is 234 g/mol. The lowest BCUT2D eigenvalue weighted by Gasteiger charge is -2.00. The van der Waals surface area contributed by atoms with Crippen LogP contribution in [0.4, 0.5) is 0 Å². The van der Waals surface area contributed by atoms with Crippen molar-refractivity contribution in [3.63, 3.8) is 0 Å². The fourth-order valence-corrected chi connectivity index (χ4v) is 1.80. The Morgan fingerprint density at radius 3 is 3.00 bits per heavy atom. The third-order valence-electron chi connectivity index (χ3n) is 2.57. The van der Waals surface area contributed by atoms with Gasteiger partial charge in [0.15, 0.2) is 5.15 Å². The summed E-state index contributed by atoms with van der Waals surface area (Å²) in [6.45, 7) is 5.93. The molecule has 2 N–H and O–H groups in total. The van der Waals surface area contributed by atoms with Crippen molar-refractivity contribution >= 4 is 11.6 Å². The first-order valence-corrected chi connectivity index (χ1v) is 6.70. The molecule has 96 valence electrons. The van der Waals surface area contributed by atoms with E-state index in [1.807, 2.05) is 6.92 Å². The second-order valence-electron chi connectivity index (χ2n) is 4.09. The zero-order valence-corrected chi connectivity index (χ0v) is 11.5. The van der Waals surface area contributed by atoms with Gasteiger partial charge in [-0.2, -0.15) is 0 Å². The van der Waals surface area contributed by atoms with E-state index >= 15 is 0 Å². The highest BCUT2D eigenvalue weighted by Gasteiger charge is 2.06. The van der Waals surface area contributed by atoms with Crippen LogP contribution in [0, 0.1) is 0 Å². The summed E-state index contributed by atoms with van der Waals surface area (Å²) in [5.74, 6) is 1.00. The van der Waals surface area contributed by atoms with E-state index in [2.05, 4.69) is 34.4 Å². The predicted molar refractivity (Wildman–Crippen MR) is 73.3 cm³/mol. The Labute approximate surface area is 109 Å². The van der Waals surface area contributed by atoms with E-state index in [1.165, 1.54) is 6.42 Å². The number of hydrogen-bond donors (Lipinski definition) is 2. The molecule has 0 aromatic carbocycles. The average molecular weight is 256 g/mol. The molecule has 0 saturated heterocycles. The van der Waals surface area contributed by atoms with Crippen LogP contribution < -0.4 is 5.32 Å². The third kappa shape index (κ3) is 5.37. The van der Waals surface area contributed by atoms with Crippen molar-refractivity contribution in [1.82, 2.24) is 15.3 Å². The number of allylic oxidation sites excluding steroid dienone is 1. The summed E-state index contributed by atoms with van der Waals surface area (Å²) in [5, 5.41) is 3.95. The molecule has 0 aliphatic carbocycles. The van der Waals surface area contributed by atoms with Gasteiger partial charge in [0, 0.05) is 13.0 Å². The van der Waals surface area contributed by atoms with Gasteiger partial charge >= 0.3 is 0 Å². The van der Waals surface area contributed by atoms with E-state index in [4.69, 9.17) is 11.6 Å². The number of aryl methyl sites for hydroxylation is 1. The normalized spacial score (nSPS) is 11.5. The SMILES string of the molecule is C/C=C/CCNCc1[nH]c(CCCC)nc1Cl. The number of aromatic amines is 1. The standard InChI is InChI=1S/C13H22ClN3/c1-3-5-7-9-15-10-11-13(14)17-12(16-11)8-6-4-2/h3,5,15H,4,6-10H2,1-2H3,(H,16,17)/b5-3+. The molecule has 1 aromatic heterocycles. The summed E-state index contributed by atoms with van der Waals surface area (Å²) in [4.78, 5) is 7.60. The number of aromatic nitrogens is 2. The van der Waals surface area contributed by atoms with Crippen LogP contribution in [0.5, 0.6) is 0 Å². The van der Waals surface area contributed by atoms with Gasteiger partial charge in [0.05, 0.1) is 5.69 Å². The van der Waals surface area contributed by atoms with Gasteiger partial charge in [-0.25, -0.2) is 4.98 Å². The minimum Gasteiger partial charge on any atom is -0.344 e.